The third kappa shape index (κ3) is 5.01. The van der Waals surface area contributed by atoms with Crippen molar-refractivity contribution in [3.8, 4) is 17.6 Å². The van der Waals surface area contributed by atoms with E-state index < -0.39 is 5.97 Å². The number of nitrogens with zero attached hydrogens (tertiary/aromatic N) is 1. The van der Waals surface area contributed by atoms with E-state index in [-0.39, 0.29) is 12.3 Å². The first-order chi connectivity index (χ1) is 11.2. The summed E-state index contributed by atoms with van der Waals surface area (Å²) in [5, 5.41) is 0. The van der Waals surface area contributed by atoms with Gasteiger partial charge in [-0.25, -0.2) is 9.79 Å². The summed E-state index contributed by atoms with van der Waals surface area (Å²) in [7, 11) is 1.59. The van der Waals surface area contributed by atoms with E-state index in [4.69, 9.17) is 9.47 Å². The zero-order chi connectivity index (χ0) is 16.5. The van der Waals surface area contributed by atoms with Crippen molar-refractivity contribution in [2.75, 3.05) is 13.7 Å². The minimum absolute atomic E-state index is 0.0702. The van der Waals surface area contributed by atoms with Gasteiger partial charge in [0, 0.05) is 5.56 Å². The second-order valence-electron chi connectivity index (χ2n) is 4.49. The first-order valence-electron chi connectivity index (χ1n) is 7.20. The van der Waals surface area contributed by atoms with Crippen LogP contribution in [-0.4, -0.2) is 25.4 Å². The molecule has 23 heavy (non-hydrogen) atoms. The van der Waals surface area contributed by atoms with E-state index in [2.05, 4.69) is 16.8 Å². The Morgan fingerprint density at radius 3 is 2.39 bits per heavy atom. The number of benzene rings is 2. The third-order valence-corrected chi connectivity index (χ3v) is 2.88. The quantitative estimate of drug-likeness (QED) is 0.494. The van der Waals surface area contributed by atoms with Crippen LogP contribution in [0.5, 0.6) is 5.75 Å². The summed E-state index contributed by atoms with van der Waals surface area (Å²) in [6, 6.07) is 16.4. The molecular formula is C19H17NO3. The molecule has 0 saturated heterocycles. The summed E-state index contributed by atoms with van der Waals surface area (Å²) in [6.45, 7) is 2.01. The number of carbonyl (C=O) groups excluding carboxylic acids is 1. The third-order valence-electron chi connectivity index (χ3n) is 2.88. The predicted molar refractivity (Wildman–Crippen MR) is 90.0 cm³/mol. The van der Waals surface area contributed by atoms with Crippen molar-refractivity contribution in [1.29, 1.82) is 0 Å². The van der Waals surface area contributed by atoms with Gasteiger partial charge < -0.3 is 9.47 Å². The van der Waals surface area contributed by atoms with Crippen LogP contribution in [-0.2, 0) is 9.53 Å². The van der Waals surface area contributed by atoms with Crippen LogP contribution in [0.3, 0.4) is 0 Å². The van der Waals surface area contributed by atoms with Crippen LogP contribution in [0.4, 0.5) is 5.69 Å². The molecule has 2 rings (SSSR count). The van der Waals surface area contributed by atoms with Gasteiger partial charge in [0.05, 0.1) is 19.4 Å². The molecule has 0 aliphatic carbocycles. The van der Waals surface area contributed by atoms with Crippen molar-refractivity contribution >= 4 is 17.4 Å². The highest BCUT2D eigenvalue weighted by Crippen LogP contribution is 2.18. The summed E-state index contributed by atoms with van der Waals surface area (Å²) in [6.07, 6.45) is 0. The number of carbonyl (C=O) groups is 1. The number of hydrogen-bond acceptors (Lipinski definition) is 4. The molecule has 0 spiro atoms. The lowest BCUT2D eigenvalue weighted by molar-refractivity contribution is -0.134. The standard InChI is InChI=1S/C19H17NO3/c1-3-23-19(21)18(14-9-15-7-5-4-6-8-15)20-16-10-12-17(22-2)13-11-16/h4-8,10-13H,3H2,1-2H3. The average molecular weight is 307 g/mol. The van der Waals surface area contributed by atoms with Gasteiger partial charge in [-0.2, -0.15) is 0 Å². The maximum Gasteiger partial charge on any atom is 0.365 e. The molecule has 0 heterocycles. The van der Waals surface area contributed by atoms with Crippen molar-refractivity contribution in [1.82, 2.24) is 0 Å². The normalized spacial score (nSPS) is 10.4. The summed E-state index contributed by atoms with van der Waals surface area (Å²) in [4.78, 5) is 16.3. The largest absolute Gasteiger partial charge is 0.497 e. The van der Waals surface area contributed by atoms with E-state index >= 15 is 0 Å². The molecule has 0 aliphatic rings. The second kappa shape index (κ2) is 8.40. The van der Waals surface area contributed by atoms with E-state index in [9.17, 15) is 4.79 Å². The minimum Gasteiger partial charge on any atom is -0.497 e. The lowest BCUT2D eigenvalue weighted by Gasteiger charge is -2.02. The lowest BCUT2D eigenvalue weighted by Crippen LogP contribution is -2.15. The van der Waals surface area contributed by atoms with Crippen molar-refractivity contribution in [2.45, 2.75) is 6.92 Å². The summed E-state index contributed by atoms with van der Waals surface area (Å²) in [5.74, 6) is 5.90. The van der Waals surface area contributed by atoms with Crippen LogP contribution < -0.4 is 4.74 Å². The average Bonchev–Trinajstić information content (AvgIpc) is 2.60. The van der Waals surface area contributed by atoms with Crippen molar-refractivity contribution in [3.05, 3.63) is 60.2 Å². The molecule has 0 N–H and O–H groups in total. The van der Waals surface area contributed by atoms with Crippen LogP contribution >= 0.6 is 0 Å². The maximum atomic E-state index is 12.0. The Kier molecular flexibility index (Phi) is 5.96. The van der Waals surface area contributed by atoms with E-state index in [1.165, 1.54) is 0 Å². The monoisotopic (exact) mass is 307 g/mol. The summed E-state index contributed by atoms with van der Waals surface area (Å²) in [5.41, 5.74) is 1.48. The Morgan fingerprint density at radius 2 is 1.78 bits per heavy atom. The predicted octanol–water partition coefficient (Wildman–Crippen LogP) is 3.38. The first kappa shape index (κ1) is 16.3. The van der Waals surface area contributed by atoms with Crippen LogP contribution in [0.2, 0.25) is 0 Å². The van der Waals surface area contributed by atoms with Crippen LogP contribution in [0.25, 0.3) is 0 Å². The lowest BCUT2D eigenvalue weighted by atomic mass is 10.2. The number of aliphatic imine (C=N–C) groups is 1. The highest BCUT2D eigenvalue weighted by molar-refractivity contribution is 6.44. The highest BCUT2D eigenvalue weighted by Gasteiger charge is 2.10. The second-order valence-corrected chi connectivity index (χ2v) is 4.49. The number of ether oxygens (including phenoxy) is 2. The zero-order valence-corrected chi connectivity index (χ0v) is 13.1. The molecule has 0 bridgehead atoms. The molecule has 116 valence electrons. The topological polar surface area (TPSA) is 47.9 Å². The van der Waals surface area contributed by atoms with Crippen molar-refractivity contribution < 1.29 is 14.3 Å². The SMILES string of the molecule is CCOC(=O)C(C#Cc1ccccc1)=Nc1ccc(OC)cc1. The maximum absolute atomic E-state index is 12.0. The molecule has 0 unspecified atom stereocenters. The smallest absolute Gasteiger partial charge is 0.365 e. The zero-order valence-electron chi connectivity index (χ0n) is 13.1. The van der Waals surface area contributed by atoms with Gasteiger partial charge in [0.25, 0.3) is 0 Å². The molecule has 0 amide bonds. The number of rotatable bonds is 4. The molecule has 0 radical (unpaired) electrons. The van der Waals surface area contributed by atoms with Gasteiger partial charge in [-0.05, 0) is 49.2 Å². The Balaban J connectivity index is 2.31. The first-order valence-corrected chi connectivity index (χ1v) is 7.20. The Bertz CT molecular complexity index is 738. The fourth-order valence-corrected chi connectivity index (χ4v) is 1.76. The fraction of sp³-hybridized carbons (Fsp3) is 0.158. The molecule has 0 aliphatic heterocycles. The molecule has 4 nitrogen and oxygen atoms in total. The van der Waals surface area contributed by atoms with E-state index in [1.807, 2.05) is 30.3 Å². The molecule has 2 aromatic carbocycles. The Labute approximate surface area is 135 Å². The van der Waals surface area contributed by atoms with E-state index in [0.29, 0.717) is 5.69 Å². The molecule has 2 aromatic rings. The van der Waals surface area contributed by atoms with Crippen LogP contribution in [0, 0.1) is 11.8 Å². The molecule has 0 saturated carbocycles. The molecule has 0 atom stereocenters. The number of hydrogen-bond donors (Lipinski definition) is 0. The van der Waals surface area contributed by atoms with Gasteiger partial charge in [0.2, 0.25) is 0 Å². The van der Waals surface area contributed by atoms with Crippen molar-refractivity contribution in [3.63, 3.8) is 0 Å². The van der Waals surface area contributed by atoms with Gasteiger partial charge in [-0.1, -0.05) is 24.1 Å². The van der Waals surface area contributed by atoms with Gasteiger partial charge in [0.1, 0.15) is 5.75 Å². The Morgan fingerprint density at radius 1 is 1.09 bits per heavy atom. The molecular weight excluding hydrogens is 290 g/mol. The van der Waals surface area contributed by atoms with Crippen molar-refractivity contribution in [2.24, 2.45) is 4.99 Å². The Hall–Kier alpha value is -3.06. The van der Waals surface area contributed by atoms with Crippen LogP contribution in [0.1, 0.15) is 12.5 Å². The summed E-state index contributed by atoms with van der Waals surface area (Å²) >= 11 is 0. The fourth-order valence-electron chi connectivity index (χ4n) is 1.76. The van der Waals surface area contributed by atoms with Gasteiger partial charge in [-0.15, -0.1) is 0 Å². The van der Waals surface area contributed by atoms with Crippen LogP contribution in [0.15, 0.2) is 59.6 Å². The minimum atomic E-state index is -0.535. The number of methoxy groups -OCH3 is 1. The number of esters is 1. The van der Waals surface area contributed by atoms with E-state index in [1.54, 1.807) is 38.3 Å². The van der Waals surface area contributed by atoms with Gasteiger partial charge in [0.15, 0.2) is 5.71 Å². The van der Waals surface area contributed by atoms with Gasteiger partial charge >= 0.3 is 5.97 Å². The molecule has 0 aromatic heterocycles. The molecule has 4 heteroatoms. The highest BCUT2D eigenvalue weighted by atomic mass is 16.5. The van der Waals surface area contributed by atoms with Gasteiger partial charge in [-0.3, -0.25) is 0 Å². The molecule has 0 fully saturated rings. The van der Waals surface area contributed by atoms with E-state index in [0.717, 1.165) is 11.3 Å². The summed E-state index contributed by atoms with van der Waals surface area (Å²) < 4.78 is 10.1.